The fraction of sp³-hybridized carbons (Fsp3) is 0.667. The fourth-order valence-corrected chi connectivity index (χ4v) is 1.64. The van der Waals surface area contributed by atoms with Gasteiger partial charge in [-0.3, -0.25) is 4.79 Å². The molecule has 6 heteroatoms. The van der Waals surface area contributed by atoms with E-state index in [1.54, 1.807) is 6.08 Å². The summed E-state index contributed by atoms with van der Waals surface area (Å²) >= 11 is 0. The molecule has 1 saturated heterocycles. The van der Waals surface area contributed by atoms with Gasteiger partial charge in [0.2, 0.25) is 5.91 Å². The van der Waals surface area contributed by atoms with E-state index < -0.39 is 18.2 Å². The SMILES string of the molecule is C=CCCOCCNC(=O)[C@@H]1CC[C@H](C(=O)O)O1. The van der Waals surface area contributed by atoms with Crippen LogP contribution in [0, 0.1) is 0 Å². The molecule has 0 spiro atoms. The normalized spacial score (nSPS) is 22.7. The largest absolute Gasteiger partial charge is 0.479 e. The van der Waals surface area contributed by atoms with E-state index in [4.69, 9.17) is 14.6 Å². The molecule has 1 amide bonds. The van der Waals surface area contributed by atoms with E-state index in [1.165, 1.54) is 0 Å². The molecule has 1 fully saturated rings. The molecule has 0 aromatic rings. The van der Waals surface area contributed by atoms with E-state index in [2.05, 4.69) is 11.9 Å². The summed E-state index contributed by atoms with van der Waals surface area (Å²) in [6, 6.07) is 0. The van der Waals surface area contributed by atoms with Gasteiger partial charge in [-0.2, -0.15) is 0 Å². The Labute approximate surface area is 106 Å². The Balaban J connectivity index is 2.10. The van der Waals surface area contributed by atoms with Crippen LogP contribution in [0.2, 0.25) is 0 Å². The maximum atomic E-state index is 11.6. The average Bonchev–Trinajstić information content (AvgIpc) is 2.83. The van der Waals surface area contributed by atoms with Crippen LogP contribution >= 0.6 is 0 Å². The third kappa shape index (κ3) is 4.85. The lowest BCUT2D eigenvalue weighted by molar-refractivity contribution is -0.151. The van der Waals surface area contributed by atoms with Gasteiger partial charge in [-0.15, -0.1) is 6.58 Å². The molecule has 1 aliphatic rings. The van der Waals surface area contributed by atoms with Crippen molar-refractivity contribution in [3.63, 3.8) is 0 Å². The molecule has 0 aliphatic carbocycles. The summed E-state index contributed by atoms with van der Waals surface area (Å²) in [5.41, 5.74) is 0. The smallest absolute Gasteiger partial charge is 0.332 e. The predicted octanol–water partition coefficient (Wildman–Crippen LogP) is 0.327. The summed E-state index contributed by atoms with van der Waals surface area (Å²) in [5, 5.41) is 11.4. The number of carboxylic acid groups (broad SMARTS) is 1. The summed E-state index contributed by atoms with van der Waals surface area (Å²) in [7, 11) is 0. The zero-order valence-corrected chi connectivity index (χ0v) is 10.3. The van der Waals surface area contributed by atoms with Crippen LogP contribution < -0.4 is 5.32 Å². The van der Waals surface area contributed by atoms with E-state index in [1.807, 2.05) is 0 Å². The summed E-state index contributed by atoms with van der Waals surface area (Å²) in [6.07, 6.45) is 1.85. The molecule has 0 radical (unpaired) electrons. The number of amides is 1. The average molecular weight is 257 g/mol. The molecule has 18 heavy (non-hydrogen) atoms. The monoisotopic (exact) mass is 257 g/mol. The third-order valence-corrected chi connectivity index (χ3v) is 2.60. The highest BCUT2D eigenvalue weighted by Crippen LogP contribution is 2.19. The van der Waals surface area contributed by atoms with Crippen molar-refractivity contribution in [2.45, 2.75) is 31.5 Å². The molecule has 0 aromatic heterocycles. The van der Waals surface area contributed by atoms with Crippen molar-refractivity contribution >= 4 is 11.9 Å². The predicted molar refractivity (Wildman–Crippen MR) is 64.2 cm³/mol. The zero-order chi connectivity index (χ0) is 13.4. The van der Waals surface area contributed by atoms with Crippen LogP contribution in [0.25, 0.3) is 0 Å². The third-order valence-electron chi connectivity index (χ3n) is 2.60. The van der Waals surface area contributed by atoms with Crippen molar-refractivity contribution in [2.75, 3.05) is 19.8 Å². The van der Waals surface area contributed by atoms with E-state index in [0.29, 0.717) is 32.6 Å². The van der Waals surface area contributed by atoms with E-state index in [0.717, 1.165) is 6.42 Å². The lowest BCUT2D eigenvalue weighted by Crippen LogP contribution is -2.37. The zero-order valence-electron chi connectivity index (χ0n) is 10.3. The number of carbonyl (C=O) groups excluding carboxylic acids is 1. The van der Waals surface area contributed by atoms with Crippen LogP contribution in [-0.2, 0) is 19.1 Å². The molecule has 0 unspecified atom stereocenters. The van der Waals surface area contributed by atoms with Gasteiger partial charge >= 0.3 is 5.97 Å². The summed E-state index contributed by atoms with van der Waals surface area (Å²) in [5.74, 6) is -1.29. The Morgan fingerprint density at radius 1 is 1.39 bits per heavy atom. The number of carbonyl (C=O) groups is 2. The first-order valence-corrected chi connectivity index (χ1v) is 5.99. The van der Waals surface area contributed by atoms with Gasteiger partial charge in [0, 0.05) is 6.54 Å². The van der Waals surface area contributed by atoms with E-state index >= 15 is 0 Å². The van der Waals surface area contributed by atoms with Gasteiger partial charge < -0.3 is 19.9 Å². The molecule has 102 valence electrons. The standard InChI is InChI=1S/C12H19NO5/c1-2-3-7-17-8-6-13-11(14)9-4-5-10(18-9)12(15)16/h2,9-10H,1,3-8H2,(H,13,14)(H,15,16)/t9-,10+/m0/s1. The Kier molecular flexibility index (Phi) is 6.38. The Bertz CT molecular complexity index is 305. The molecule has 2 atom stereocenters. The van der Waals surface area contributed by atoms with Gasteiger partial charge in [0.25, 0.3) is 0 Å². The Morgan fingerprint density at radius 3 is 2.72 bits per heavy atom. The number of nitrogens with one attached hydrogen (secondary N) is 1. The number of rotatable bonds is 8. The van der Waals surface area contributed by atoms with Gasteiger partial charge in [0.05, 0.1) is 13.2 Å². The highest BCUT2D eigenvalue weighted by molar-refractivity contribution is 5.82. The van der Waals surface area contributed by atoms with Crippen LogP contribution in [0.4, 0.5) is 0 Å². The molecule has 1 rings (SSSR count). The maximum Gasteiger partial charge on any atom is 0.332 e. The van der Waals surface area contributed by atoms with Crippen LogP contribution in [-0.4, -0.2) is 48.9 Å². The lowest BCUT2D eigenvalue weighted by Gasteiger charge is -2.11. The minimum atomic E-state index is -1.02. The minimum absolute atomic E-state index is 0.272. The van der Waals surface area contributed by atoms with Crippen LogP contribution in [0.1, 0.15) is 19.3 Å². The lowest BCUT2D eigenvalue weighted by atomic mass is 10.2. The first-order valence-electron chi connectivity index (χ1n) is 5.99. The first kappa shape index (κ1) is 14.7. The van der Waals surface area contributed by atoms with Crippen LogP contribution in [0.15, 0.2) is 12.7 Å². The maximum absolute atomic E-state index is 11.6. The van der Waals surface area contributed by atoms with E-state index in [-0.39, 0.29) is 5.91 Å². The second kappa shape index (κ2) is 7.84. The topological polar surface area (TPSA) is 84.9 Å². The molecule has 0 aromatic carbocycles. The summed E-state index contributed by atoms with van der Waals surface area (Å²) < 4.78 is 10.3. The van der Waals surface area contributed by atoms with Crippen LogP contribution in [0.5, 0.6) is 0 Å². The van der Waals surface area contributed by atoms with Gasteiger partial charge in [0.15, 0.2) is 6.10 Å². The molecule has 1 heterocycles. The summed E-state index contributed by atoms with van der Waals surface area (Å²) in [6.45, 7) is 4.97. The van der Waals surface area contributed by atoms with E-state index in [9.17, 15) is 9.59 Å². The number of aliphatic carboxylic acids is 1. The molecule has 0 bridgehead atoms. The number of hydrogen-bond donors (Lipinski definition) is 2. The number of ether oxygens (including phenoxy) is 2. The molecule has 2 N–H and O–H groups in total. The molecular formula is C12H19NO5. The highest BCUT2D eigenvalue weighted by Gasteiger charge is 2.34. The van der Waals surface area contributed by atoms with Crippen molar-refractivity contribution in [3.05, 3.63) is 12.7 Å². The van der Waals surface area contributed by atoms with Gasteiger partial charge in [-0.25, -0.2) is 4.79 Å². The van der Waals surface area contributed by atoms with Gasteiger partial charge in [-0.1, -0.05) is 6.08 Å². The molecular weight excluding hydrogens is 238 g/mol. The van der Waals surface area contributed by atoms with Crippen molar-refractivity contribution in [2.24, 2.45) is 0 Å². The fourth-order valence-electron chi connectivity index (χ4n) is 1.64. The van der Waals surface area contributed by atoms with Crippen molar-refractivity contribution in [1.82, 2.24) is 5.32 Å². The van der Waals surface area contributed by atoms with Crippen LogP contribution in [0.3, 0.4) is 0 Å². The second-order valence-corrected chi connectivity index (χ2v) is 4.01. The summed E-state index contributed by atoms with van der Waals surface area (Å²) in [4.78, 5) is 22.2. The first-order chi connectivity index (χ1) is 8.65. The molecule has 0 saturated carbocycles. The van der Waals surface area contributed by atoms with Crippen molar-refractivity contribution in [1.29, 1.82) is 0 Å². The number of hydrogen-bond acceptors (Lipinski definition) is 4. The Morgan fingerprint density at radius 2 is 2.11 bits per heavy atom. The molecule has 1 aliphatic heterocycles. The molecule has 6 nitrogen and oxygen atoms in total. The van der Waals surface area contributed by atoms with Gasteiger partial charge in [-0.05, 0) is 19.3 Å². The van der Waals surface area contributed by atoms with Crippen molar-refractivity contribution in [3.8, 4) is 0 Å². The van der Waals surface area contributed by atoms with Gasteiger partial charge in [0.1, 0.15) is 6.10 Å². The number of carboxylic acids is 1. The highest BCUT2D eigenvalue weighted by atomic mass is 16.5. The second-order valence-electron chi connectivity index (χ2n) is 4.01. The Hall–Kier alpha value is -1.40. The minimum Gasteiger partial charge on any atom is -0.479 e. The quantitative estimate of drug-likeness (QED) is 0.483. The van der Waals surface area contributed by atoms with Crippen molar-refractivity contribution < 1.29 is 24.2 Å².